The van der Waals surface area contributed by atoms with Crippen molar-refractivity contribution in [3.05, 3.63) is 28.3 Å². The zero-order valence-electron chi connectivity index (χ0n) is 10.4. The van der Waals surface area contributed by atoms with Crippen LogP contribution < -0.4 is 10.5 Å². The van der Waals surface area contributed by atoms with E-state index in [1.165, 1.54) is 12.1 Å². The van der Waals surface area contributed by atoms with Crippen molar-refractivity contribution in [1.29, 1.82) is 0 Å². The minimum Gasteiger partial charge on any atom is -0.485 e. The summed E-state index contributed by atoms with van der Waals surface area (Å²) in [5, 5.41) is 10.9. The molecule has 1 amide bonds. The maximum Gasteiger partial charge on any atom is 0.333 e. The Morgan fingerprint density at radius 2 is 2.26 bits per heavy atom. The largest absolute Gasteiger partial charge is 0.485 e. The molecule has 2 rings (SSSR count). The Balaban J connectivity index is 1.98. The second kappa shape index (κ2) is 5.55. The zero-order chi connectivity index (χ0) is 13.8. The number of nitrogens with two attached hydrogens (primary N) is 1. The zero-order valence-corrected chi connectivity index (χ0v) is 10.4. The van der Waals surface area contributed by atoms with Crippen LogP contribution >= 0.6 is 0 Å². The number of para-hydroxylation sites is 1. The number of likely N-dealkylation sites (tertiary alicyclic amines) is 1. The molecule has 1 aromatic carbocycles. The van der Waals surface area contributed by atoms with Crippen LogP contribution in [-0.4, -0.2) is 35.4 Å². The van der Waals surface area contributed by atoms with Gasteiger partial charge in [-0.3, -0.25) is 14.9 Å². The Labute approximate surface area is 110 Å². The molecule has 0 aliphatic carbocycles. The van der Waals surface area contributed by atoms with Crippen molar-refractivity contribution in [2.45, 2.75) is 12.8 Å². The highest BCUT2D eigenvalue weighted by atomic mass is 16.6. The van der Waals surface area contributed by atoms with Gasteiger partial charge in [-0.25, -0.2) is 0 Å². The molecule has 0 bridgehead atoms. The van der Waals surface area contributed by atoms with Gasteiger partial charge in [-0.2, -0.15) is 0 Å². The van der Waals surface area contributed by atoms with Gasteiger partial charge in [0.2, 0.25) is 5.91 Å². The normalized spacial score (nSPS) is 14.7. The third-order valence-electron chi connectivity index (χ3n) is 3.00. The number of benzene rings is 1. The molecule has 1 aliphatic heterocycles. The minimum absolute atomic E-state index is 0.0692. The summed E-state index contributed by atoms with van der Waals surface area (Å²) in [4.78, 5) is 23.4. The molecule has 0 aromatic heterocycles. The molecule has 102 valence electrons. The smallest absolute Gasteiger partial charge is 0.333 e. The molecule has 1 fully saturated rings. The fraction of sp³-hybridized carbons (Fsp3) is 0.417. The first-order valence-electron chi connectivity index (χ1n) is 6.03. The van der Waals surface area contributed by atoms with Crippen LogP contribution in [0.5, 0.6) is 5.75 Å². The van der Waals surface area contributed by atoms with Crippen LogP contribution in [0.15, 0.2) is 18.2 Å². The van der Waals surface area contributed by atoms with Gasteiger partial charge < -0.3 is 15.4 Å². The molecule has 0 atom stereocenters. The molecular weight excluding hydrogens is 250 g/mol. The predicted octanol–water partition coefficient (Wildman–Crippen LogP) is 1.18. The standard InChI is InChI=1S/C12H15N3O4/c13-9-3-1-4-10(12(9)15(17)18)19-8-7-14-6-2-5-11(14)16/h1,3-4H,2,5-8,13H2. The van der Waals surface area contributed by atoms with Crippen LogP contribution in [0.2, 0.25) is 0 Å². The second-order valence-corrected chi connectivity index (χ2v) is 4.28. The van der Waals surface area contributed by atoms with E-state index in [2.05, 4.69) is 0 Å². The van der Waals surface area contributed by atoms with Crippen molar-refractivity contribution in [1.82, 2.24) is 4.90 Å². The summed E-state index contributed by atoms with van der Waals surface area (Å²) in [5.74, 6) is 0.238. The number of amides is 1. The number of carbonyl (C=O) groups is 1. The van der Waals surface area contributed by atoms with Crippen LogP contribution in [0.3, 0.4) is 0 Å². The van der Waals surface area contributed by atoms with E-state index in [0.717, 1.165) is 13.0 Å². The van der Waals surface area contributed by atoms with E-state index < -0.39 is 4.92 Å². The lowest BCUT2D eigenvalue weighted by atomic mass is 10.2. The van der Waals surface area contributed by atoms with E-state index in [1.807, 2.05) is 0 Å². The average Bonchev–Trinajstić information content (AvgIpc) is 2.75. The highest BCUT2D eigenvalue weighted by Crippen LogP contribution is 2.32. The van der Waals surface area contributed by atoms with E-state index in [0.29, 0.717) is 13.0 Å². The summed E-state index contributed by atoms with van der Waals surface area (Å²) in [6.07, 6.45) is 1.43. The van der Waals surface area contributed by atoms with Crippen molar-refractivity contribution in [3.8, 4) is 5.75 Å². The Morgan fingerprint density at radius 3 is 2.89 bits per heavy atom. The third-order valence-corrected chi connectivity index (χ3v) is 3.00. The summed E-state index contributed by atoms with van der Waals surface area (Å²) in [7, 11) is 0. The van der Waals surface area contributed by atoms with Gasteiger partial charge in [-0.15, -0.1) is 0 Å². The second-order valence-electron chi connectivity index (χ2n) is 4.28. The number of nitrogen functional groups attached to an aromatic ring is 1. The number of hydrogen-bond donors (Lipinski definition) is 1. The van der Waals surface area contributed by atoms with Gasteiger partial charge in [0.15, 0.2) is 5.75 Å². The van der Waals surface area contributed by atoms with Crippen molar-refractivity contribution in [3.63, 3.8) is 0 Å². The molecule has 0 radical (unpaired) electrons. The van der Waals surface area contributed by atoms with Gasteiger partial charge in [0, 0.05) is 13.0 Å². The van der Waals surface area contributed by atoms with Crippen molar-refractivity contribution in [2.24, 2.45) is 0 Å². The molecule has 7 heteroatoms. The highest BCUT2D eigenvalue weighted by molar-refractivity contribution is 5.78. The minimum atomic E-state index is -0.564. The fourth-order valence-electron chi connectivity index (χ4n) is 2.06. The highest BCUT2D eigenvalue weighted by Gasteiger charge is 2.21. The molecule has 0 saturated carbocycles. The van der Waals surface area contributed by atoms with Crippen molar-refractivity contribution >= 4 is 17.3 Å². The molecule has 7 nitrogen and oxygen atoms in total. The number of ether oxygens (including phenoxy) is 1. The summed E-state index contributed by atoms with van der Waals surface area (Å²) in [6, 6.07) is 4.55. The Hall–Kier alpha value is -2.31. The van der Waals surface area contributed by atoms with Gasteiger partial charge in [0.05, 0.1) is 11.5 Å². The lowest BCUT2D eigenvalue weighted by Crippen LogP contribution is -2.29. The van der Waals surface area contributed by atoms with Crippen LogP contribution in [-0.2, 0) is 4.79 Å². The van der Waals surface area contributed by atoms with Gasteiger partial charge in [-0.05, 0) is 18.6 Å². The Kier molecular flexibility index (Phi) is 3.84. The molecule has 1 heterocycles. The molecule has 0 spiro atoms. The molecular formula is C12H15N3O4. The number of nitro groups is 1. The number of nitro benzene ring substituents is 1. The number of carbonyl (C=O) groups excluding carboxylic acids is 1. The Bertz CT molecular complexity index is 504. The van der Waals surface area contributed by atoms with Gasteiger partial charge >= 0.3 is 5.69 Å². The molecule has 2 N–H and O–H groups in total. The van der Waals surface area contributed by atoms with E-state index >= 15 is 0 Å². The number of anilines is 1. The van der Waals surface area contributed by atoms with Gasteiger partial charge in [0.25, 0.3) is 0 Å². The lowest BCUT2D eigenvalue weighted by molar-refractivity contribution is -0.384. The number of rotatable bonds is 5. The van der Waals surface area contributed by atoms with E-state index in [-0.39, 0.29) is 29.6 Å². The van der Waals surface area contributed by atoms with E-state index in [9.17, 15) is 14.9 Å². The first kappa shape index (κ1) is 13.1. The fourth-order valence-corrected chi connectivity index (χ4v) is 2.06. The van der Waals surface area contributed by atoms with Crippen molar-refractivity contribution < 1.29 is 14.5 Å². The number of nitrogens with zero attached hydrogens (tertiary/aromatic N) is 2. The van der Waals surface area contributed by atoms with Crippen LogP contribution in [0.1, 0.15) is 12.8 Å². The topological polar surface area (TPSA) is 98.7 Å². The number of hydrogen-bond acceptors (Lipinski definition) is 5. The monoisotopic (exact) mass is 265 g/mol. The lowest BCUT2D eigenvalue weighted by Gasteiger charge is -2.15. The first-order chi connectivity index (χ1) is 9.09. The Morgan fingerprint density at radius 1 is 1.47 bits per heavy atom. The maximum atomic E-state index is 11.4. The van der Waals surface area contributed by atoms with Crippen LogP contribution in [0, 0.1) is 10.1 Å². The summed E-state index contributed by atoms with van der Waals surface area (Å²) in [6.45, 7) is 1.38. The summed E-state index contributed by atoms with van der Waals surface area (Å²) in [5.41, 5.74) is 5.39. The average molecular weight is 265 g/mol. The quantitative estimate of drug-likeness (QED) is 0.489. The first-order valence-corrected chi connectivity index (χ1v) is 6.03. The molecule has 1 saturated heterocycles. The third kappa shape index (κ3) is 2.93. The summed E-state index contributed by atoms with van der Waals surface area (Å²) < 4.78 is 5.37. The molecule has 19 heavy (non-hydrogen) atoms. The van der Waals surface area contributed by atoms with Crippen LogP contribution in [0.25, 0.3) is 0 Å². The van der Waals surface area contributed by atoms with E-state index in [4.69, 9.17) is 10.5 Å². The molecule has 1 aromatic rings. The van der Waals surface area contributed by atoms with Gasteiger partial charge in [0.1, 0.15) is 12.3 Å². The maximum absolute atomic E-state index is 11.4. The predicted molar refractivity (Wildman–Crippen MR) is 68.8 cm³/mol. The van der Waals surface area contributed by atoms with Crippen molar-refractivity contribution in [2.75, 3.05) is 25.4 Å². The van der Waals surface area contributed by atoms with Crippen LogP contribution in [0.4, 0.5) is 11.4 Å². The molecule has 1 aliphatic rings. The molecule has 0 unspecified atom stereocenters. The van der Waals surface area contributed by atoms with E-state index in [1.54, 1.807) is 11.0 Å². The summed E-state index contributed by atoms with van der Waals surface area (Å²) >= 11 is 0. The van der Waals surface area contributed by atoms with Gasteiger partial charge in [-0.1, -0.05) is 6.07 Å². The SMILES string of the molecule is Nc1cccc(OCCN2CCCC2=O)c1[N+](=O)[O-].